The van der Waals surface area contributed by atoms with Crippen molar-refractivity contribution in [3.05, 3.63) is 72.3 Å². The van der Waals surface area contributed by atoms with E-state index in [4.69, 9.17) is 9.47 Å². The predicted octanol–water partition coefficient (Wildman–Crippen LogP) is 1.64. The van der Waals surface area contributed by atoms with Crippen molar-refractivity contribution in [1.82, 2.24) is 14.8 Å². The highest BCUT2D eigenvalue weighted by molar-refractivity contribution is 5.34. The van der Waals surface area contributed by atoms with Crippen LogP contribution in [0.1, 0.15) is 24.2 Å². The molecule has 2 heterocycles. The van der Waals surface area contributed by atoms with Gasteiger partial charge in [0.15, 0.2) is 0 Å². The molecule has 30 heavy (non-hydrogen) atoms. The standard InChI is InChI=1S/C22H25N3O5/c1-14-19(10-26)30-22(21(28)20(14)27)16-3-2-4-18(9-16)29-11-15-5-7-17(8-6-15)25-13-23-12-24-25/h2-9,12-14,19-22,26-28H,10-11H2,1H3/t14?,19-,20+,21+,22?/m1/s1. The smallest absolute Gasteiger partial charge is 0.138 e. The zero-order valence-corrected chi connectivity index (χ0v) is 16.6. The molecule has 8 heteroatoms. The lowest BCUT2D eigenvalue weighted by Crippen LogP contribution is -2.50. The van der Waals surface area contributed by atoms with Crippen molar-refractivity contribution in [1.29, 1.82) is 0 Å². The van der Waals surface area contributed by atoms with Gasteiger partial charge in [-0.1, -0.05) is 31.2 Å². The fourth-order valence-electron chi connectivity index (χ4n) is 3.62. The molecule has 3 N–H and O–H groups in total. The molecule has 0 amide bonds. The van der Waals surface area contributed by atoms with E-state index in [9.17, 15) is 15.3 Å². The van der Waals surface area contributed by atoms with E-state index in [-0.39, 0.29) is 12.5 Å². The van der Waals surface area contributed by atoms with Crippen molar-refractivity contribution in [3.63, 3.8) is 0 Å². The van der Waals surface area contributed by atoms with Crippen molar-refractivity contribution in [2.24, 2.45) is 5.92 Å². The number of aromatic nitrogens is 3. The fourth-order valence-corrected chi connectivity index (χ4v) is 3.62. The van der Waals surface area contributed by atoms with Crippen LogP contribution in [0.2, 0.25) is 0 Å². The maximum absolute atomic E-state index is 10.5. The van der Waals surface area contributed by atoms with Gasteiger partial charge in [0.2, 0.25) is 0 Å². The summed E-state index contributed by atoms with van der Waals surface area (Å²) in [5.41, 5.74) is 2.58. The first-order chi connectivity index (χ1) is 14.6. The molecular weight excluding hydrogens is 386 g/mol. The maximum Gasteiger partial charge on any atom is 0.138 e. The fraction of sp³-hybridized carbons (Fsp3) is 0.364. The molecule has 1 fully saturated rings. The van der Waals surface area contributed by atoms with Crippen molar-refractivity contribution in [3.8, 4) is 11.4 Å². The summed E-state index contributed by atoms with van der Waals surface area (Å²) in [7, 11) is 0. The molecule has 1 saturated heterocycles. The first-order valence-corrected chi connectivity index (χ1v) is 9.86. The Morgan fingerprint density at radius 3 is 2.60 bits per heavy atom. The summed E-state index contributed by atoms with van der Waals surface area (Å²) in [6.07, 6.45) is -0.214. The Bertz CT molecular complexity index is 946. The molecule has 5 atom stereocenters. The lowest BCUT2D eigenvalue weighted by atomic mass is 9.86. The van der Waals surface area contributed by atoms with Crippen molar-refractivity contribution < 1.29 is 24.8 Å². The second kappa shape index (κ2) is 8.93. The Hall–Kier alpha value is -2.78. The van der Waals surface area contributed by atoms with Crippen molar-refractivity contribution >= 4 is 0 Å². The van der Waals surface area contributed by atoms with Gasteiger partial charge in [0.1, 0.15) is 37.2 Å². The second-order valence-corrected chi connectivity index (χ2v) is 7.49. The molecule has 1 aliphatic heterocycles. The van der Waals surface area contributed by atoms with Gasteiger partial charge in [-0.25, -0.2) is 9.67 Å². The number of ether oxygens (including phenoxy) is 2. The van der Waals surface area contributed by atoms with Gasteiger partial charge in [-0.2, -0.15) is 5.10 Å². The molecule has 4 rings (SSSR count). The predicted molar refractivity (Wildman–Crippen MR) is 108 cm³/mol. The monoisotopic (exact) mass is 411 g/mol. The minimum atomic E-state index is -1.08. The summed E-state index contributed by atoms with van der Waals surface area (Å²) in [5, 5.41) is 34.4. The molecular formula is C22H25N3O5. The first kappa shape index (κ1) is 20.5. The van der Waals surface area contributed by atoms with Gasteiger partial charge in [0.05, 0.1) is 24.5 Å². The minimum Gasteiger partial charge on any atom is -0.489 e. The minimum absolute atomic E-state index is 0.220. The number of aliphatic hydroxyl groups is 3. The van der Waals surface area contributed by atoms with Gasteiger partial charge in [-0.05, 0) is 35.4 Å². The average molecular weight is 411 g/mol. The molecule has 8 nitrogen and oxygen atoms in total. The van der Waals surface area contributed by atoms with Crippen LogP contribution in [0.5, 0.6) is 5.75 Å². The Balaban J connectivity index is 1.43. The average Bonchev–Trinajstić information content (AvgIpc) is 3.32. The van der Waals surface area contributed by atoms with Crippen LogP contribution < -0.4 is 4.74 Å². The number of rotatable bonds is 6. The molecule has 0 aliphatic carbocycles. The number of hydrogen-bond acceptors (Lipinski definition) is 7. The molecule has 2 aromatic carbocycles. The van der Waals surface area contributed by atoms with E-state index in [2.05, 4.69) is 10.1 Å². The molecule has 1 aromatic heterocycles. The van der Waals surface area contributed by atoms with Crippen LogP contribution in [-0.4, -0.2) is 55.0 Å². The third-order valence-electron chi connectivity index (χ3n) is 5.50. The third-order valence-corrected chi connectivity index (χ3v) is 5.50. The van der Waals surface area contributed by atoms with E-state index >= 15 is 0 Å². The van der Waals surface area contributed by atoms with Crippen molar-refractivity contribution in [2.45, 2.75) is 37.9 Å². The lowest BCUT2D eigenvalue weighted by Gasteiger charge is -2.41. The normalized spacial score (nSPS) is 26.5. The number of benzene rings is 2. The number of aliphatic hydroxyl groups excluding tert-OH is 3. The summed E-state index contributed by atoms with van der Waals surface area (Å²) in [4.78, 5) is 3.94. The third kappa shape index (κ3) is 4.22. The van der Waals surface area contributed by atoms with Crippen LogP contribution in [-0.2, 0) is 11.3 Å². The summed E-state index contributed by atoms with van der Waals surface area (Å²) in [5.74, 6) is 0.262. The summed E-state index contributed by atoms with van der Waals surface area (Å²) >= 11 is 0. The molecule has 1 aliphatic rings. The first-order valence-electron chi connectivity index (χ1n) is 9.86. The van der Waals surface area contributed by atoms with Crippen LogP contribution in [0.4, 0.5) is 0 Å². The van der Waals surface area contributed by atoms with Crippen molar-refractivity contribution in [2.75, 3.05) is 6.61 Å². The highest BCUT2D eigenvalue weighted by atomic mass is 16.5. The van der Waals surface area contributed by atoms with Crippen LogP contribution in [0.15, 0.2) is 61.2 Å². The molecule has 0 spiro atoms. The van der Waals surface area contributed by atoms with E-state index in [1.807, 2.05) is 42.5 Å². The Morgan fingerprint density at radius 2 is 1.90 bits per heavy atom. The molecule has 0 saturated carbocycles. The molecule has 158 valence electrons. The molecule has 3 aromatic rings. The Labute approximate surface area is 174 Å². The molecule has 2 unspecified atom stereocenters. The summed E-state index contributed by atoms with van der Waals surface area (Å²) in [6, 6.07) is 15.0. The van der Waals surface area contributed by atoms with E-state index in [0.29, 0.717) is 17.9 Å². The van der Waals surface area contributed by atoms with Gasteiger partial charge in [0, 0.05) is 5.92 Å². The lowest BCUT2D eigenvalue weighted by molar-refractivity contribution is -0.207. The van der Waals surface area contributed by atoms with Gasteiger partial charge in [-0.3, -0.25) is 0 Å². The van der Waals surface area contributed by atoms with Crippen LogP contribution in [0.3, 0.4) is 0 Å². The zero-order chi connectivity index (χ0) is 21.1. The topological polar surface area (TPSA) is 110 Å². The van der Waals surface area contributed by atoms with Crippen LogP contribution in [0.25, 0.3) is 5.69 Å². The van der Waals surface area contributed by atoms with Gasteiger partial charge in [-0.15, -0.1) is 0 Å². The Morgan fingerprint density at radius 1 is 1.10 bits per heavy atom. The Kier molecular flexibility index (Phi) is 6.10. The van der Waals surface area contributed by atoms with E-state index in [1.54, 1.807) is 24.0 Å². The largest absolute Gasteiger partial charge is 0.489 e. The van der Waals surface area contributed by atoms with E-state index in [0.717, 1.165) is 11.3 Å². The van der Waals surface area contributed by atoms with E-state index < -0.39 is 24.4 Å². The second-order valence-electron chi connectivity index (χ2n) is 7.49. The number of nitrogens with zero attached hydrogens (tertiary/aromatic N) is 3. The number of hydrogen-bond donors (Lipinski definition) is 3. The molecule has 0 bridgehead atoms. The van der Waals surface area contributed by atoms with Gasteiger partial charge in [0.25, 0.3) is 0 Å². The van der Waals surface area contributed by atoms with Gasteiger partial charge < -0.3 is 24.8 Å². The van der Waals surface area contributed by atoms with Gasteiger partial charge >= 0.3 is 0 Å². The SMILES string of the molecule is CC1[C@@H](CO)OC(c2cccc(OCc3ccc(-n4cncn4)cc3)c2)[C@@H](O)[C@H]1O. The zero-order valence-electron chi connectivity index (χ0n) is 16.6. The van der Waals surface area contributed by atoms with Crippen LogP contribution in [0, 0.1) is 5.92 Å². The van der Waals surface area contributed by atoms with E-state index in [1.165, 1.54) is 6.33 Å². The summed E-state index contributed by atoms with van der Waals surface area (Å²) < 4.78 is 13.4. The maximum atomic E-state index is 10.5. The highest BCUT2D eigenvalue weighted by Crippen LogP contribution is 2.36. The highest BCUT2D eigenvalue weighted by Gasteiger charge is 2.42. The quantitative estimate of drug-likeness (QED) is 0.566. The summed E-state index contributed by atoms with van der Waals surface area (Å²) in [6.45, 7) is 1.90. The van der Waals surface area contributed by atoms with Crippen LogP contribution >= 0.6 is 0 Å². The molecule has 0 radical (unpaired) electrons.